The smallest absolute Gasteiger partial charge is 0.268 e. The topological polar surface area (TPSA) is 120 Å². The molecule has 0 aliphatic rings. The number of nitrogens with zero attached hydrogens (tertiary/aromatic N) is 6. The van der Waals surface area contributed by atoms with Crippen molar-refractivity contribution in [1.82, 2.24) is 40.8 Å². The first kappa shape index (κ1) is 18.7. The second kappa shape index (κ2) is 8.61. The van der Waals surface area contributed by atoms with E-state index in [9.17, 15) is 9.59 Å². The molecule has 0 unspecified atom stereocenters. The molecule has 2 aromatic heterocycles. The Kier molecular flexibility index (Phi) is 5.38. The van der Waals surface area contributed by atoms with E-state index < -0.39 is 11.8 Å². The molecule has 2 aromatic carbocycles. The molecule has 0 saturated carbocycles. The van der Waals surface area contributed by atoms with Gasteiger partial charge in [0.2, 0.25) is 0 Å². The van der Waals surface area contributed by atoms with E-state index in [1.165, 1.54) is 17.1 Å². The van der Waals surface area contributed by atoms with Crippen LogP contribution in [0.15, 0.2) is 79.4 Å². The van der Waals surface area contributed by atoms with Gasteiger partial charge in [0.25, 0.3) is 11.8 Å². The summed E-state index contributed by atoms with van der Waals surface area (Å²) in [6, 6.07) is 16.2. The number of benzene rings is 2. The average Bonchev–Trinajstić information content (AvgIpc) is 3.49. The second-order valence-electron chi connectivity index (χ2n) is 6.13. The summed E-state index contributed by atoms with van der Waals surface area (Å²) in [6.07, 6.45) is 7.80. The highest BCUT2D eigenvalue weighted by Crippen LogP contribution is 2.09. The molecule has 10 heteroatoms. The van der Waals surface area contributed by atoms with Gasteiger partial charge in [-0.15, -0.1) is 5.10 Å². The fraction of sp³-hybridized carbons (Fsp3) is 0. The van der Waals surface area contributed by atoms with Crippen LogP contribution in [0.4, 0.5) is 0 Å². The SMILES string of the molecule is O=C(/C=C/c1cnn(-c2ccccc2)c1)NNC(=O)c1ccc(-n2cnnn2)cc1. The molecule has 4 rings (SSSR count). The third-order valence-electron chi connectivity index (χ3n) is 4.09. The quantitative estimate of drug-likeness (QED) is 0.385. The zero-order chi connectivity index (χ0) is 20.8. The van der Waals surface area contributed by atoms with E-state index in [4.69, 9.17) is 0 Å². The zero-order valence-electron chi connectivity index (χ0n) is 15.6. The number of aromatic nitrogens is 6. The van der Waals surface area contributed by atoms with Crippen molar-refractivity contribution in [2.24, 2.45) is 0 Å². The lowest BCUT2D eigenvalue weighted by Gasteiger charge is -2.06. The van der Waals surface area contributed by atoms with Crippen LogP contribution in [-0.2, 0) is 4.79 Å². The summed E-state index contributed by atoms with van der Waals surface area (Å²) in [5.41, 5.74) is 7.45. The number of amides is 2. The van der Waals surface area contributed by atoms with Crippen LogP contribution in [0.3, 0.4) is 0 Å². The fourth-order valence-electron chi connectivity index (χ4n) is 2.59. The minimum atomic E-state index is -0.471. The molecule has 0 spiro atoms. The second-order valence-corrected chi connectivity index (χ2v) is 6.13. The summed E-state index contributed by atoms with van der Waals surface area (Å²) >= 11 is 0. The predicted molar refractivity (Wildman–Crippen MR) is 107 cm³/mol. The third kappa shape index (κ3) is 4.44. The Balaban J connectivity index is 1.30. The highest BCUT2D eigenvalue weighted by molar-refractivity contribution is 5.98. The maximum atomic E-state index is 12.2. The molecule has 0 aliphatic heterocycles. The molecule has 148 valence electrons. The van der Waals surface area contributed by atoms with Gasteiger partial charge in [-0.1, -0.05) is 18.2 Å². The molecular formula is C20H16N8O2. The lowest BCUT2D eigenvalue weighted by molar-refractivity contribution is -0.117. The van der Waals surface area contributed by atoms with Crippen LogP contribution >= 0.6 is 0 Å². The standard InChI is InChI=1S/C20H16N8O2/c29-19(11-6-15-12-22-27(13-15)17-4-2-1-3-5-17)23-24-20(30)16-7-9-18(10-8-16)28-14-21-25-26-28/h1-14H,(H,23,29)(H,24,30)/b11-6+. The average molecular weight is 400 g/mol. The number of nitrogens with one attached hydrogen (secondary N) is 2. The molecular weight excluding hydrogens is 384 g/mol. The van der Waals surface area contributed by atoms with Crippen LogP contribution in [0.2, 0.25) is 0 Å². The monoisotopic (exact) mass is 400 g/mol. The first-order valence-electron chi connectivity index (χ1n) is 8.91. The number of hydrogen-bond acceptors (Lipinski definition) is 6. The lowest BCUT2D eigenvalue weighted by Crippen LogP contribution is -2.40. The molecule has 0 bridgehead atoms. The molecule has 0 saturated heterocycles. The summed E-state index contributed by atoms with van der Waals surface area (Å²) in [6.45, 7) is 0. The van der Waals surface area contributed by atoms with Gasteiger partial charge in [0.1, 0.15) is 6.33 Å². The molecule has 10 nitrogen and oxygen atoms in total. The molecule has 0 aliphatic carbocycles. The number of carbonyl (C=O) groups excluding carboxylic acids is 2. The Labute approximate surface area is 170 Å². The highest BCUT2D eigenvalue weighted by atomic mass is 16.2. The number of para-hydroxylation sites is 1. The van der Waals surface area contributed by atoms with Crippen molar-refractivity contribution in [2.75, 3.05) is 0 Å². The Morgan fingerprint density at radius 1 is 0.900 bits per heavy atom. The third-order valence-corrected chi connectivity index (χ3v) is 4.09. The van der Waals surface area contributed by atoms with E-state index in [2.05, 4.69) is 31.5 Å². The first-order chi connectivity index (χ1) is 14.7. The molecule has 2 amide bonds. The molecule has 2 heterocycles. The van der Waals surface area contributed by atoms with E-state index in [0.717, 1.165) is 11.3 Å². The van der Waals surface area contributed by atoms with Crippen LogP contribution in [0.25, 0.3) is 17.5 Å². The van der Waals surface area contributed by atoms with Crippen LogP contribution in [-0.4, -0.2) is 41.8 Å². The summed E-state index contributed by atoms with van der Waals surface area (Å²) in [5, 5.41) is 15.1. The van der Waals surface area contributed by atoms with Gasteiger partial charge in [-0.25, -0.2) is 9.36 Å². The van der Waals surface area contributed by atoms with Gasteiger partial charge in [0.05, 0.1) is 17.6 Å². The van der Waals surface area contributed by atoms with Gasteiger partial charge in [0.15, 0.2) is 0 Å². The maximum absolute atomic E-state index is 12.2. The zero-order valence-corrected chi connectivity index (χ0v) is 15.6. The summed E-state index contributed by atoms with van der Waals surface area (Å²) < 4.78 is 3.17. The van der Waals surface area contributed by atoms with Crippen LogP contribution in [0.5, 0.6) is 0 Å². The van der Waals surface area contributed by atoms with Gasteiger partial charge in [0, 0.05) is 23.4 Å². The molecule has 0 atom stereocenters. The number of hydrogen-bond donors (Lipinski definition) is 2. The van der Waals surface area contributed by atoms with Crippen LogP contribution in [0.1, 0.15) is 15.9 Å². The van der Waals surface area contributed by atoms with Gasteiger partial charge in [-0.2, -0.15) is 5.10 Å². The van der Waals surface area contributed by atoms with E-state index in [0.29, 0.717) is 11.3 Å². The predicted octanol–water partition coefficient (Wildman–Crippen LogP) is 1.32. The van der Waals surface area contributed by atoms with Crippen molar-refractivity contribution in [3.63, 3.8) is 0 Å². The normalized spacial score (nSPS) is 10.8. The minimum Gasteiger partial charge on any atom is -0.268 e. The number of hydrazine groups is 1. The Morgan fingerprint density at radius 2 is 1.67 bits per heavy atom. The van der Waals surface area contributed by atoms with E-state index >= 15 is 0 Å². The van der Waals surface area contributed by atoms with E-state index in [-0.39, 0.29) is 0 Å². The van der Waals surface area contributed by atoms with E-state index in [1.54, 1.807) is 47.4 Å². The van der Waals surface area contributed by atoms with Gasteiger partial charge in [-0.05, 0) is 52.9 Å². The Hall–Kier alpha value is -4.60. The van der Waals surface area contributed by atoms with Gasteiger partial charge in [-0.3, -0.25) is 20.4 Å². The Morgan fingerprint density at radius 3 is 2.40 bits per heavy atom. The van der Waals surface area contributed by atoms with Crippen molar-refractivity contribution in [1.29, 1.82) is 0 Å². The van der Waals surface area contributed by atoms with Crippen molar-refractivity contribution >= 4 is 17.9 Å². The van der Waals surface area contributed by atoms with Crippen LogP contribution in [0, 0.1) is 0 Å². The number of rotatable bonds is 5. The molecule has 4 aromatic rings. The summed E-state index contributed by atoms with van der Waals surface area (Å²) in [7, 11) is 0. The summed E-state index contributed by atoms with van der Waals surface area (Å²) in [5.74, 6) is -0.918. The summed E-state index contributed by atoms with van der Waals surface area (Å²) in [4.78, 5) is 24.1. The molecule has 0 fully saturated rings. The molecule has 2 N–H and O–H groups in total. The van der Waals surface area contributed by atoms with Crippen LogP contribution < -0.4 is 10.9 Å². The molecule has 30 heavy (non-hydrogen) atoms. The lowest BCUT2D eigenvalue weighted by atomic mass is 10.2. The first-order valence-corrected chi connectivity index (χ1v) is 8.91. The van der Waals surface area contributed by atoms with E-state index in [1.807, 2.05) is 30.3 Å². The maximum Gasteiger partial charge on any atom is 0.269 e. The van der Waals surface area contributed by atoms with Crippen molar-refractivity contribution < 1.29 is 9.59 Å². The highest BCUT2D eigenvalue weighted by Gasteiger charge is 2.07. The minimum absolute atomic E-state index is 0.375. The van der Waals surface area contributed by atoms with Crippen molar-refractivity contribution in [3.05, 3.63) is 90.5 Å². The van der Waals surface area contributed by atoms with Crippen molar-refractivity contribution in [2.45, 2.75) is 0 Å². The van der Waals surface area contributed by atoms with Gasteiger partial charge < -0.3 is 0 Å². The largest absolute Gasteiger partial charge is 0.269 e. The van der Waals surface area contributed by atoms with Gasteiger partial charge >= 0.3 is 0 Å². The number of tetrazole rings is 1. The number of carbonyl (C=O) groups is 2. The molecule has 0 radical (unpaired) electrons. The Bertz CT molecular complexity index is 1170. The fourth-order valence-corrected chi connectivity index (χ4v) is 2.59. The van der Waals surface area contributed by atoms with Crippen molar-refractivity contribution in [3.8, 4) is 11.4 Å².